The van der Waals surface area contributed by atoms with E-state index in [2.05, 4.69) is 34.0 Å². The van der Waals surface area contributed by atoms with E-state index < -0.39 is 0 Å². The van der Waals surface area contributed by atoms with Crippen molar-refractivity contribution in [1.29, 1.82) is 0 Å². The maximum absolute atomic E-state index is 12.1. The molecule has 0 spiro atoms. The first kappa shape index (κ1) is 15.8. The Bertz CT molecular complexity index is 587. The first-order valence-corrected chi connectivity index (χ1v) is 8.22. The van der Waals surface area contributed by atoms with Crippen molar-refractivity contribution in [2.24, 2.45) is 0 Å². The van der Waals surface area contributed by atoms with Crippen molar-refractivity contribution < 1.29 is 4.79 Å². The van der Waals surface area contributed by atoms with Gasteiger partial charge in [0.1, 0.15) is 11.0 Å². The van der Waals surface area contributed by atoms with Gasteiger partial charge in [-0.15, -0.1) is 0 Å². The van der Waals surface area contributed by atoms with E-state index in [-0.39, 0.29) is 5.91 Å². The van der Waals surface area contributed by atoms with Crippen molar-refractivity contribution in [3.63, 3.8) is 0 Å². The number of carbonyl (C=O) groups excluding carboxylic acids is 1. The molecule has 0 aromatic carbocycles. The Kier molecular flexibility index (Phi) is 6.02. The molecule has 2 aromatic heterocycles. The molecule has 6 heteroatoms. The van der Waals surface area contributed by atoms with Gasteiger partial charge in [0.2, 0.25) is 0 Å². The van der Waals surface area contributed by atoms with Crippen LogP contribution in [0.5, 0.6) is 0 Å². The van der Waals surface area contributed by atoms with Crippen molar-refractivity contribution in [3.05, 3.63) is 45.2 Å². The molecule has 0 atom stereocenters. The lowest BCUT2D eigenvalue weighted by Gasteiger charge is -2.08. The van der Waals surface area contributed by atoms with E-state index in [9.17, 15) is 4.79 Å². The van der Waals surface area contributed by atoms with Crippen LogP contribution in [-0.2, 0) is 6.42 Å². The molecule has 112 valence electrons. The Morgan fingerprint density at radius 2 is 2.24 bits per heavy atom. The quantitative estimate of drug-likeness (QED) is 0.766. The summed E-state index contributed by atoms with van der Waals surface area (Å²) in [7, 11) is 0. The molecule has 2 aromatic rings. The lowest BCUT2D eigenvalue weighted by molar-refractivity contribution is 0.0954. The van der Waals surface area contributed by atoms with E-state index >= 15 is 0 Å². The minimum atomic E-state index is -0.130. The number of amides is 1. The number of rotatable bonds is 7. The van der Waals surface area contributed by atoms with Gasteiger partial charge >= 0.3 is 0 Å². The number of carbonyl (C=O) groups is 1. The molecule has 0 fully saturated rings. The van der Waals surface area contributed by atoms with Gasteiger partial charge in [-0.2, -0.15) is 11.3 Å². The molecule has 0 aliphatic rings. The summed E-state index contributed by atoms with van der Waals surface area (Å²) in [5, 5.41) is 10.5. The Balaban J connectivity index is 1.93. The first-order valence-electron chi connectivity index (χ1n) is 6.89. The van der Waals surface area contributed by atoms with Crippen molar-refractivity contribution in [1.82, 2.24) is 10.3 Å². The second-order valence-corrected chi connectivity index (χ2v) is 5.80. The zero-order chi connectivity index (χ0) is 15.1. The van der Waals surface area contributed by atoms with Crippen molar-refractivity contribution in [2.75, 3.05) is 18.4 Å². The molecule has 0 unspecified atom stereocenters. The predicted octanol–water partition coefficient (Wildman–Crippen LogP) is 3.59. The van der Waals surface area contributed by atoms with Gasteiger partial charge in [-0.05, 0) is 47.4 Å². The summed E-state index contributed by atoms with van der Waals surface area (Å²) >= 11 is 7.62. The van der Waals surface area contributed by atoms with Crippen LogP contribution < -0.4 is 10.6 Å². The molecule has 0 aliphatic carbocycles. The highest BCUT2D eigenvalue weighted by molar-refractivity contribution is 7.07. The summed E-state index contributed by atoms with van der Waals surface area (Å²) in [6.07, 6.45) is 1.81. The molecule has 0 saturated heterocycles. The van der Waals surface area contributed by atoms with Gasteiger partial charge in [-0.3, -0.25) is 4.79 Å². The molecule has 0 bridgehead atoms. The van der Waals surface area contributed by atoms with Gasteiger partial charge in [-0.25, -0.2) is 4.98 Å². The fourth-order valence-corrected chi connectivity index (χ4v) is 2.74. The standard InChI is InChI=1S/C15H18ClN3OS/c1-2-5-17-14-9-12(8-13(16)19-14)15(20)18-6-3-11-4-7-21-10-11/h4,7-10H,2-3,5-6H2,1H3,(H,17,19)(H,18,20). The summed E-state index contributed by atoms with van der Waals surface area (Å²) in [4.78, 5) is 16.3. The monoisotopic (exact) mass is 323 g/mol. The Morgan fingerprint density at radius 3 is 2.95 bits per heavy atom. The van der Waals surface area contributed by atoms with Crippen LogP contribution in [0.1, 0.15) is 29.3 Å². The fourth-order valence-electron chi connectivity index (χ4n) is 1.83. The van der Waals surface area contributed by atoms with E-state index in [0.29, 0.717) is 23.1 Å². The van der Waals surface area contributed by atoms with Crippen LogP contribution in [0, 0.1) is 0 Å². The normalized spacial score (nSPS) is 10.4. The summed E-state index contributed by atoms with van der Waals surface area (Å²) in [6, 6.07) is 5.37. The number of anilines is 1. The van der Waals surface area contributed by atoms with Gasteiger partial charge in [0.25, 0.3) is 5.91 Å². The van der Waals surface area contributed by atoms with Crippen LogP contribution in [-0.4, -0.2) is 24.0 Å². The van der Waals surface area contributed by atoms with Crippen LogP contribution >= 0.6 is 22.9 Å². The largest absolute Gasteiger partial charge is 0.370 e. The summed E-state index contributed by atoms with van der Waals surface area (Å²) in [5.41, 5.74) is 1.76. The second-order valence-electron chi connectivity index (χ2n) is 4.63. The van der Waals surface area contributed by atoms with Gasteiger partial charge in [0, 0.05) is 18.7 Å². The smallest absolute Gasteiger partial charge is 0.251 e. The average molecular weight is 324 g/mol. The lowest BCUT2D eigenvalue weighted by Crippen LogP contribution is -2.25. The number of pyridine rings is 1. The van der Waals surface area contributed by atoms with E-state index in [1.165, 1.54) is 5.56 Å². The van der Waals surface area contributed by atoms with E-state index in [4.69, 9.17) is 11.6 Å². The molecule has 0 saturated carbocycles. The molecule has 4 nitrogen and oxygen atoms in total. The van der Waals surface area contributed by atoms with Crippen molar-refractivity contribution in [3.8, 4) is 0 Å². The average Bonchev–Trinajstić information content (AvgIpc) is 2.97. The third-order valence-corrected chi connectivity index (χ3v) is 3.82. The number of hydrogen-bond donors (Lipinski definition) is 2. The number of aromatic nitrogens is 1. The highest BCUT2D eigenvalue weighted by Gasteiger charge is 2.09. The molecule has 0 radical (unpaired) electrons. The van der Waals surface area contributed by atoms with Crippen molar-refractivity contribution in [2.45, 2.75) is 19.8 Å². The fraction of sp³-hybridized carbons (Fsp3) is 0.333. The minimum absolute atomic E-state index is 0.130. The van der Waals surface area contributed by atoms with E-state index in [1.807, 2.05) is 5.38 Å². The number of hydrogen-bond acceptors (Lipinski definition) is 4. The summed E-state index contributed by atoms with van der Waals surface area (Å²) < 4.78 is 0. The van der Waals surface area contributed by atoms with E-state index in [1.54, 1.807) is 23.5 Å². The zero-order valence-electron chi connectivity index (χ0n) is 11.9. The molecule has 2 rings (SSSR count). The molecule has 2 N–H and O–H groups in total. The number of thiophene rings is 1. The molecule has 1 amide bonds. The minimum Gasteiger partial charge on any atom is -0.370 e. The van der Waals surface area contributed by atoms with Crippen LogP contribution in [0.4, 0.5) is 5.82 Å². The first-order chi connectivity index (χ1) is 10.2. The Labute approximate surface area is 133 Å². The van der Waals surface area contributed by atoms with Crippen LogP contribution in [0.15, 0.2) is 29.0 Å². The predicted molar refractivity (Wildman–Crippen MR) is 88.4 cm³/mol. The molecule has 2 heterocycles. The maximum Gasteiger partial charge on any atom is 0.251 e. The van der Waals surface area contributed by atoms with Gasteiger partial charge in [0.05, 0.1) is 0 Å². The Hall–Kier alpha value is -1.59. The maximum atomic E-state index is 12.1. The summed E-state index contributed by atoms with van der Waals surface area (Å²) in [5.74, 6) is 0.501. The SMILES string of the molecule is CCCNc1cc(C(=O)NCCc2ccsc2)cc(Cl)n1. The lowest BCUT2D eigenvalue weighted by atomic mass is 10.2. The highest BCUT2D eigenvalue weighted by atomic mass is 35.5. The molecular formula is C15H18ClN3OS. The van der Waals surface area contributed by atoms with Crippen LogP contribution in [0.2, 0.25) is 5.15 Å². The van der Waals surface area contributed by atoms with Crippen LogP contribution in [0.3, 0.4) is 0 Å². The van der Waals surface area contributed by atoms with Crippen molar-refractivity contribution >= 4 is 34.7 Å². The molecule has 21 heavy (non-hydrogen) atoms. The van der Waals surface area contributed by atoms with E-state index in [0.717, 1.165) is 19.4 Å². The van der Waals surface area contributed by atoms with Crippen LogP contribution in [0.25, 0.3) is 0 Å². The van der Waals surface area contributed by atoms with Gasteiger partial charge in [0.15, 0.2) is 0 Å². The zero-order valence-corrected chi connectivity index (χ0v) is 13.4. The topological polar surface area (TPSA) is 54.0 Å². The Morgan fingerprint density at radius 1 is 1.38 bits per heavy atom. The third kappa shape index (κ3) is 5.02. The van der Waals surface area contributed by atoms with Gasteiger partial charge in [-0.1, -0.05) is 18.5 Å². The molecule has 0 aliphatic heterocycles. The number of nitrogens with one attached hydrogen (secondary N) is 2. The second kappa shape index (κ2) is 8.00. The highest BCUT2D eigenvalue weighted by Crippen LogP contribution is 2.14. The third-order valence-electron chi connectivity index (χ3n) is 2.89. The van der Waals surface area contributed by atoms with Gasteiger partial charge < -0.3 is 10.6 Å². The number of halogens is 1. The number of nitrogens with zero attached hydrogens (tertiary/aromatic N) is 1. The summed E-state index contributed by atoms with van der Waals surface area (Å²) in [6.45, 7) is 3.47. The molecular weight excluding hydrogens is 306 g/mol.